The van der Waals surface area contributed by atoms with Gasteiger partial charge >= 0.3 is 0 Å². The highest BCUT2D eigenvalue weighted by atomic mass is 32.2. The zero-order valence-electron chi connectivity index (χ0n) is 14.4. The molecule has 0 saturated carbocycles. The Balaban J connectivity index is 1.64. The lowest BCUT2D eigenvalue weighted by Crippen LogP contribution is -2.13. The Morgan fingerprint density at radius 1 is 1.04 bits per heavy atom. The Kier molecular flexibility index (Phi) is 4.30. The molecule has 4 aromatic rings. The number of aromatic amines is 1. The predicted molar refractivity (Wildman–Crippen MR) is 103 cm³/mol. The van der Waals surface area contributed by atoms with E-state index in [0.29, 0.717) is 16.7 Å². The number of nitrogens with one attached hydrogen (secondary N) is 1. The monoisotopic (exact) mass is 363 g/mol. The standard InChI is InChI=1S/C19H17N5OS/c1-12(16-20-15-11-7-6-10-14(15)18(25)21-16)26-19-23-22-17(24(19)2)13-8-4-3-5-9-13/h3-12H,1-2H3,(H,20,21,25)/t12-/m1/s1. The van der Waals surface area contributed by atoms with Crippen LogP contribution in [0.3, 0.4) is 0 Å². The van der Waals surface area contributed by atoms with Gasteiger partial charge in [-0.1, -0.05) is 54.2 Å². The van der Waals surface area contributed by atoms with Gasteiger partial charge in [0, 0.05) is 12.6 Å². The minimum Gasteiger partial charge on any atom is -0.309 e. The summed E-state index contributed by atoms with van der Waals surface area (Å²) in [5.41, 5.74) is 1.59. The van der Waals surface area contributed by atoms with Crippen LogP contribution in [-0.4, -0.2) is 24.7 Å². The second-order valence-electron chi connectivity index (χ2n) is 5.96. The van der Waals surface area contributed by atoms with Gasteiger partial charge in [-0.25, -0.2) is 4.98 Å². The van der Waals surface area contributed by atoms with Crippen LogP contribution in [0.4, 0.5) is 0 Å². The fraction of sp³-hybridized carbons (Fsp3) is 0.158. The Morgan fingerprint density at radius 2 is 1.77 bits per heavy atom. The molecule has 0 saturated heterocycles. The number of nitrogens with zero attached hydrogens (tertiary/aromatic N) is 4. The molecule has 2 aromatic heterocycles. The fourth-order valence-corrected chi connectivity index (χ4v) is 3.64. The lowest BCUT2D eigenvalue weighted by Gasteiger charge is -2.11. The molecule has 0 fully saturated rings. The van der Waals surface area contributed by atoms with Gasteiger partial charge in [0.1, 0.15) is 5.82 Å². The van der Waals surface area contributed by atoms with Crippen LogP contribution >= 0.6 is 11.8 Å². The first-order chi connectivity index (χ1) is 12.6. The number of aromatic nitrogens is 5. The molecule has 0 aliphatic rings. The third kappa shape index (κ3) is 3.01. The van der Waals surface area contributed by atoms with Crippen molar-refractivity contribution in [2.24, 2.45) is 7.05 Å². The van der Waals surface area contributed by atoms with Gasteiger partial charge < -0.3 is 9.55 Å². The van der Waals surface area contributed by atoms with Crippen LogP contribution in [0, 0.1) is 0 Å². The predicted octanol–water partition coefficient (Wildman–Crippen LogP) is 3.57. The van der Waals surface area contributed by atoms with E-state index in [0.717, 1.165) is 16.5 Å². The summed E-state index contributed by atoms with van der Waals surface area (Å²) in [6.45, 7) is 1.99. The van der Waals surface area contributed by atoms with Crippen molar-refractivity contribution >= 4 is 22.7 Å². The fourth-order valence-electron chi connectivity index (χ4n) is 2.77. The second-order valence-corrected chi connectivity index (χ2v) is 7.27. The minimum absolute atomic E-state index is 0.0705. The Labute approximate surface area is 154 Å². The smallest absolute Gasteiger partial charge is 0.258 e. The summed E-state index contributed by atoms with van der Waals surface area (Å²) >= 11 is 1.51. The van der Waals surface area contributed by atoms with Gasteiger partial charge in [0.15, 0.2) is 11.0 Å². The first-order valence-electron chi connectivity index (χ1n) is 8.24. The average Bonchev–Trinajstić information content (AvgIpc) is 3.03. The van der Waals surface area contributed by atoms with Crippen LogP contribution in [-0.2, 0) is 7.05 Å². The molecule has 7 heteroatoms. The topological polar surface area (TPSA) is 76.5 Å². The van der Waals surface area contributed by atoms with Crippen LogP contribution in [0.1, 0.15) is 18.0 Å². The molecule has 0 radical (unpaired) electrons. The second kappa shape index (κ2) is 6.76. The van der Waals surface area contributed by atoms with E-state index in [1.54, 1.807) is 6.07 Å². The Morgan fingerprint density at radius 3 is 2.58 bits per heavy atom. The molecule has 6 nitrogen and oxygen atoms in total. The van der Waals surface area contributed by atoms with Gasteiger partial charge in [-0.3, -0.25) is 4.79 Å². The van der Waals surface area contributed by atoms with E-state index < -0.39 is 0 Å². The maximum absolute atomic E-state index is 12.3. The lowest BCUT2D eigenvalue weighted by atomic mass is 10.2. The van der Waals surface area contributed by atoms with Crippen molar-refractivity contribution in [2.75, 3.05) is 0 Å². The molecule has 2 aromatic carbocycles. The highest BCUT2D eigenvalue weighted by molar-refractivity contribution is 7.99. The number of rotatable bonds is 4. The molecule has 130 valence electrons. The van der Waals surface area contributed by atoms with Crippen LogP contribution in [0.5, 0.6) is 0 Å². The number of para-hydroxylation sites is 1. The number of H-pyrrole nitrogens is 1. The van der Waals surface area contributed by atoms with Crippen molar-refractivity contribution in [3.8, 4) is 11.4 Å². The molecule has 0 bridgehead atoms. The van der Waals surface area contributed by atoms with Crippen molar-refractivity contribution in [1.82, 2.24) is 24.7 Å². The van der Waals surface area contributed by atoms with E-state index in [1.165, 1.54) is 11.8 Å². The number of hydrogen-bond donors (Lipinski definition) is 1. The summed E-state index contributed by atoms with van der Waals surface area (Å²) in [6, 6.07) is 17.3. The van der Waals surface area contributed by atoms with Gasteiger partial charge in [-0.05, 0) is 19.1 Å². The van der Waals surface area contributed by atoms with Crippen LogP contribution < -0.4 is 5.56 Å². The molecule has 1 N–H and O–H groups in total. The molecule has 0 unspecified atom stereocenters. The molecule has 26 heavy (non-hydrogen) atoms. The maximum atomic E-state index is 12.3. The average molecular weight is 363 g/mol. The zero-order valence-corrected chi connectivity index (χ0v) is 15.2. The maximum Gasteiger partial charge on any atom is 0.258 e. The molecular weight excluding hydrogens is 346 g/mol. The molecular formula is C19H17N5OS. The quantitative estimate of drug-likeness (QED) is 0.561. The number of thioether (sulfide) groups is 1. The molecule has 1 atom stereocenters. The molecule has 2 heterocycles. The number of hydrogen-bond acceptors (Lipinski definition) is 5. The van der Waals surface area contributed by atoms with Crippen LogP contribution in [0.25, 0.3) is 22.3 Å². The summed E-state index contributed by atoms with van der Waals surface area (Å²) in [5, 5.41) is 9.89. The molecule has 0 aliphatic heterocycles. The molecule has 4 rings (SSSR count). The van der Waals surface area contributed by atoms with E-state index in [1.807, 2.05) is 67.1 Å². The normalized spacial score (nSPS) is 12.4. The van der Waals surface area contributed by atoms with Gasteiger partial charge in [0.2, 0.25) is 0 Å². The summed E-state index contributed by atoms with van der Waals surface area (Å²) < 4.78 is 1.95. The highest BCUT2D eigenvalue weighted by Crippen LogP contribution is 2.33. The lowest BCUT2D eigenvalue weighted by molar-refractivity contribution is 0.786. The summed E-state index contributed by atoms with van der Waals surface area (Å²) in [4.78, 5) is 19.8. The van der Waals surface area contributed by atoms with Crippen molar-refractivity contribution in [1.29, 1.82) is 0 Å². The molecule has 0 spiro atoms. The van der Waals surface area contributed by atoms with Gasteiger partial charge in [0.05, 0.1) is 16.2 Å². The molecule has 0 amide bonds. The van der Waals surface area contributed by atoms with E-state index >= 15 is 0 Å². The van der Waals surface area contributed by atoms with Crippen molar-refractivity contribution in [3.05, 3.63) is 70.8 Å². The van der Waals surface area contributed by atoms with Crippen molar-refractivity contribution in [3.63, 3.8) is 0 Å². The van der Waals surface area contributed by atoms with Crippen LogP contribution in [0.15, 0.2) is 64.5 Å². The van der Waals surface area contributed by atoms with E-state index in [9.17, 15) is 4.79 Å². The number of fused-ring (bicyclic) bond motifs is 1. The summed E-state index contributed by atoms with van der Waals surface area (Å²) in [5.74, 6) is 1.43. The minimum atomic E-state index is -0.124. The van der Waals surface area contributed by atoms with E-state index in [4.69, 9.17) is 0 Å². The first-order valence-corrected chi connectivity index (χ1v) is 9.12. The SMILES string of the molecule is C[C@@H](Sc1nnc(-c2ccccc2)n1C)c1nc2ccccc2c(=O)[nH]1. The van der Waals surface area contributed by atoms with Gasteiger partial charge in [0.25, 0.3) is 5.56 Å². The number of benzene rings is 2. The first kappa shape index (κ1) is 16.5. The summed E-state index contributed by atoms with van der Waals surface area (Å²) in [7, 11) is 1.94. The van der Waals surface area contributed by atoms with Gasteiger partial charge in [-0.15, -0.1) is 10.2 Å². The van der Waals surface area contributed by atoms with Crippen molar-refractivity contribution < 1.29 is 0 Å². The van der Waals surface area contributed by atoms with Crippen LogP contribution in [0.2, 0.25) is 0 Å². The Bertz CT molecular complexity index is 1120. The van der Waals surface area contributed by atoms with E-state index in [2.05, 4.69) is 20.2 Å². The van der Waals surface area contributed by atoms with Crippen molar-refractivity contribution in [2.45, 2.75) is 17.3 Å². The van der Waals surface area contributed by atoms with Gasteiger partial charge in [-0.2, -0.15) is 0 Å². The third-order valence-electron chi connectivity index (χ3n) is 4.17. The zero-order chi connectivity index (χ0) is 18.1. The Hall–Kier alpha value is -2.93. The summed E-state index contributed by atoms with van der Waals surface area (Å²) in [6.07, 6.45) is 0. The van der Waals surface area contributed by atoms with E-state index in [-0.39, 0.29) is 10.8 Å². The third-order valence-corrected chi connectivity index (χ3v) is 5.31. The largest absolute Gasteiger partial charge is 0.309 e. The molecule has 0 aliphatic carbocycles. The highest BCUT2D eigenvalue weighted by Gasteiger charge is 2.17.